The normalized spacial score (nSPS) is 15.7. The van der Waals surface area contributed by atoms with Crippen LogP contribution < -0.4 is 5.32 Å². The van der Waals surface area contributed by atoms with Crippen molar-refractivity contribution >= 4 is 27.0 Å². The molecule has 0 saturated carbocycles. The van der Waals surface area contributed by atoms with Gasteiger partial charge in [0.25, 0.3) is 5.91 Å². The first-order chi connectivity index (χ1) is 17.0. The molecule has 3 aromatic carbocycles. The second-order valence-electron chi connectivity index (χ2n) is 8.85. The molecule has 0 spiro atoms. The summed E-state index contributed by atoms with van der Waals surface area (Å²) in [5, 5.41) is 3.08. The van der Waals surface area contributed by atoms with Crippen LogP contribution in [-0.2, 0) is 16.4 Å². The lowest BCUT2D eigenvalue weighted by molar-refractivity contribution is 0.0934. The first kappa shape index (κ1) is 23.3. The van der Waals surface area contributed by atoms with E-state index in [1.165, 1.54) is 10.4 Å². The molecule has 1 unspecified atom stereocenters. The van der Waals surface area contributed by atoms with E-state index in [1.54, 1.807) is 18.2 Å². The van der Waals surface area contributed by atoms with Gasteiger partial charge in [0, 0.05) is 18.7 Å². The van der Waals surface area contributed by atoms with Crippen molar-refractivity contribution in [2.24, 2.45) is 0 Å². The number of hydrogen-bond acceptors (Lipinski definition) is 4. The Morgan fingerprint density at radius 3 is 2.46 bits per heavy atom. The zero-order valence-electron chi connectivity index (χ0n) is 19.4. The highest BCUT2D eigenvalue weighted by atomic mass is 32.2. The molecule has 2 N–H and O–H groups in total. The van der Waals surface area contributed by atoms with Crippen LogP contribution in [0.1, 0.15) is 47.1 Å². The number of aromatic amines is 1. The Bertz CT molecular complexity index is 1390. The number of carbonyl (C=O) groups excluding carboxylic acids is 1. The molecule has 1 atom stereocenters. The van der Waals surface area contributed by atoms with Crippen molar-refractivity contribution in [3.8, 4) is 0 Å². The minimum atomic E-state index is -3.63. The first-order valence-electron chi connectivity index (χ1n) is 11.9. The summed E-state index contributed by atoms with van der Waals surface area (Å²) < 4.78 is 27.8. The van der Waals surface area contributed by atoms with E-state index in [0.29, 0.717) is 30.9 Å². The van der Waals surface area contributed by atoms with Gasteiger partial charge < -0.3 is 10.3 Å². The summed E-state index contributed by atoms with van der Waals surface area (Å²) in [7, 11) is -3.63. The number of imidazole rings is 1. The number of para-hydroxylation sites is 2. The fourth-order valence-electron chi connectivity index (χ4n) is 4.50. The summed E-state index contributed by atoms with van der Waals surface area (Å²) in [5.41, 5.74) is 3.07. The maximum atomic E-state index is 13.3. The van der Waals surface area contributed by atoms with Gasteiger partial charge in [0.15, 0.2) is 0 Å². The Balaban J connectivity index is 1.42. The van der Waals surface area contributed by atoms with E-state index in [9.17, 15) is 13.2 Å². The van der Waals surface area contributed by atoms with Crippen LogP contribution in [0.2, 0.25) is 0 Å². The average molecular weight is 489 g/mol. The number of aromatic nitrogens is 2. The number of rotatable bonds is 7. The zero-order chi connectivity index (χ0) is 24.3. The second-order valence-corrected chi connectivity index (χ2v) is 10.8. The van der Waals surface area contributed by atoms with Gasteiger partial charge >= 0.3 is 0 Å². The van der Waals surface area contributed by atoms with Crippen LogP contribution in [0.15, 0.2) is 83.8 Å². The summed E-state index contributed by atoms with van der Waals surface area (Å²) >= 11 is 0. The number of hydrogen-bond donors (Lipinski definition) is 2. The molecular formula is C27H28N4O3S. The molecule has 0 aliphatic carbocycles. The molecule has 0 bridgehead atoms. The van der Waals surface area contributed by atoms with Gasteiger partial charge in [-0.15, -0.1) is 0 Å². The van der Waals surface area contributed by atoms with Gasteiger partial charge in [-0.3, -0.25) is 4.79 Å². The Kier molecular flexibility index (Phi) is 6.66. The van der Waals surface area contributed by atoms with Crippen LogP contribution in [-0.4, -0.2) is 41.7 Å². The number of nitrogens with one attached hydrogen (secondary N) is 2. The molecule has 180 valence electrons. The molecule has 7 nitrogen and oxygen atoms in total. The first-order valence-corrected chi connectivity index (χ1v) is 13.3. The topological polar surface area (TPSA) is 95.2 Å². The number of carbonyl (C=O) groups is 1. The van der Waals surface area contributed by atoms with Crippen molar-refractivity contribution < 1.29 is 13.2 Å². The van der Waals surface area contributed by atoms with E-state index >= 15 is 0 Å². The highest BCUT2D eigenvalue weighted by molar-refractivity contribution is 7.89. The van der Waals surface area contributed by atoms with Crippen LogP contribution in [0, 0.1) is 0 Å². The van der Waals surface area contributed by atoms with Gasteiger partial charge in [-0.1, -0.05) is 55.0 Å². The van der Waals surface area contributed by atoms with E-state index in [2.05, 4.69) is 10.3 Å². The smallest absolute Gasteiger partial charge is 0.251 e. The minimum absolute atomic E-state index is 0.149. The number of sulfonamides is 1. The third-order valence-electron chi connectivity index (χ3n) is 6.37. The van der Waals surface area contributed by atoms with Crippen molar-refractivity contribution in [1.82, 2.24) is 19.6 Å². The van der Waals surface area contributed by atoms with Crippen LogP contribution in [0.4, 0.5) is 0 Å². The average Bonchev–Trinajstić information content (AvgIpc) is 3.34. The Morgan fingerprint density at radius 2 is 1.69 bits per heavy atom. The molecule has 0 radical (unpaired) electrons. The second kappa shape index (κ2) is 10.0. The van der Waals surface area contributed by atoms with Crippen molar-refractivity contribution in [3.63, 3.8) is 0 Å². The monoisotopic (exact) mass is 488 g/mol. The Morgan fingerprint density at radius 1 is 0.943 bits per heavy atom. The third-order valence-corrected chi connectivity index (χ3v) is 8.27. The molecule has 4 aromatic rings. The summed E-state index contributed by atoms with van der Waals surface area (Å²) in [6, 6.07) is 23.5. The number of H-pyrrole nitrogens is 1. The van der Waals surface area contributed by atoms with Crippen LogP contribution in [0.3, 0.4) is 0 Å². The fourth-order valence-corrected chi connectivity index (χ4v) is 6.06. The lowest BCUT2D eigenvalue weighted by Crippen LogP contribution is -2.36. The number of amides is 1. The molecule has 8 heteroatoms. The van der Waals surface area contributed by atoms with Crippen LogP contribution >= 0.6 is 0 Å². The lowest BCUT2D eigenvalue weighted by Gasteiger charge is -2.26. The van der Waals surface area contributed by atoms with E-state index in [-0.39, 0.29) is 10.8 Å². The highest BCUT2D eigenvalue weighted by Gasteiger charge is 2.27. The Labute approximate surface area is 205 Å². The van der Waals surface area contributed by atoms with Crippen LogP contribution in [0.5, 0.6) is 0 Å². The molecular weight excluding hydrogens is 460 g/mol. The van der Waals surface area contributed by atoms with Crippen molar-refractivity contribution in [1.29, 1.82) is 0 Å². The molecule has 5 rings (SSSR count). The maximum Gasteiger partial charge on any atom is 0.251 e. The minimum Gasteiger partial charge on any atom is -0.342 e. The zero-order valence-corrected chi connectivity index (χ0v) is 20.2. The molecule has 1 saturated heterocycles. The molecule has 2 heterocycles. The van der Waals surface area contributed by atoms with Crippen LogP contribution in [0.25, 0.3) is 11.0 Å². The summed E-state index contributed by atoms with van der Waals surface area (Å²) in [6.07, 6.45) is 3.30. The third kappa shape index (κ3) is 5.13. The Hall–Kier alpha value is -3.49. The number of nitrogens with zero attached hydrogens (tertiary/aromatic N) is 2. The largest absolute Gasteiger partial charge is 0.342 e. The van der Waals surface area contributed by atoms with E-state index in [4.69, 9.17) is 4.98 Å². The fraction of sp³-hybridized carbons (Fsp3) is 0.259. The maximum absolute atomic E-state index is 13.3. The molecule has 1 aromatic heterocycles. The summed E-state index contributed by atoms with van der Waals surface area (Å²) in [6.45, 7) is 1.04. The van der Waals surface area contributed by atoms with E-state index < -0.39 is 16.1 Å². The SMILES string of the molecule is O=C(NC(Cc1ccccc1)c1nc2ccccc2[nH]1)c1cccc(S(=O)(=O)N2CCCCC2)c1. The van der Waals surface area contributed by atoms with Crippen molar-refractivity contribution in [2.75, 3.05) is 13.1 Å². The molecule has 35 heavy (non-hydrogen) atoms. The van der Waals surface area contributed by atoms with E-state index in [0.717, 1.165) is 35.9 Å². The predicted molar refractivity (Wildman–Crippen MR) is 135 cm³/mol. The molecule has 1 fully saturated rings. The van der Waals surface area contributed by atoms with Crippen molar-refractivity contribution in [2.45, 2.75) is 36.6 Å². The van der Waals surface area contributed by atoms with Gasteiger partial charge in [0.1, 0.15) is 5.82 Å². The van der Waals surface area contributed by atoms with Gasteiger partial charge in [0.2, 0.25) is 10.0 Å². The van der Waals surface area contributed by atoms with Crippen molar-refractivity contribution in [3.05, 3.63) is 95.8 Å². The number of fused-ring (bicyclic) bond motifs is 1. The number of piperidine rings is 1. The molecule has 1 aliphatic rings. The summed E-state index contributed by atoms with van der Waals surface area (Å²) in [5.74, 6) is 0.308. The predicted octanol–water partition coefficient (Wildman–Crippen LogP) is 4.45. The highest BCUT2D eigenvalue weighted by Crippen LogP contribution is 2.23. The quantitative estimate of drug-likeness (QED) is 0.402. The molecule has 1 amide bonds. The lowest BCUT2D eigenvalue weighted by atomic mass is 10.0. The van der Waals surface area contributed by atoms with Gasteiger partial charge in [-0.25, -0.2) is 13.4 Å². The summed E-state index contributed by atoms with van der Waals surface area (Å²) in [4.78, 5) is 21.5. The van der Waals surface area contributed by atoms with Gasteiger partial charge in [-0.2, -0.15) is 4.31 Å². The van der Waals surface area contributed by atoms with Gasteiger partial charge in [0.05, 0.1) is 22.0 Å². The number of benzene rings is 3. The van der Waals surface area contributed by atoms with E-state index in [1.807, 2.05) is 54.6 Å². The molecule has 1 aliphatic heterocycles. The van der Waals surface area contributed by atoms with Gasteiger partial charge in [-0.05, 0) is 55.2 Å². The standard InChI is InChI=1S/C27H28N4O3S/c32-27(21-12-9-13-22(19-21)35(33,34)31-16-7-2-8-17-31)30-25(18-20-10-3-1-4-11-20)26-28-23-14-5-6-15-24(23)29-26/h1,3-6,9-15,19,25H,2,7-8,16-18H2,(H,28,29)(H,30,32).